The number of carbonyl (C=O) groups is 4. The van der Waals surface area contributed by atoms with Crippen LogP contribution in [-0.4, -0.2) is 75.3 Å². The van der Waals surface area contributed by atoms with Crippen molar-refractivity contribution in [3.05, 3.63) is 28.8 Å². The molecule has 0 heterocycles. The molecule has 1 aromatic rings. The third-order valence-corrected chi connectivity index (χ3v) is 5.31. The number of carbonyl (C=O) groups excluding carboxylic acids is 2. The average molecular weight is 487 g/mol. The normalized spacial score (nSPS) is 13.8. The van der Waals surface area contributed by atoms with Crippen molar-refractivity contribution in [3.63, 3.8) is 0 Å². The van der Waals surface area contributed by atoms with E-state index in [-0.39, 0.29) is 22.4 Å². The van der Waals surface area contributed by atoms with Crippen molar-refractivity contribution in [2.24, 2.45) is 0 Å². The van der Waals surface area contributed by atoms with Crippen LogP contribution in [0.3, 0.4) is 0 Å². The molecule has 0 fully saturated rings. The van der Waals surface area contributed by atoms with Gasteiger partial charge >= 0.3 is 17.9 Å². The highest BCUT2D eigenvalue weighted by atomic mass is 35.5. The van der Waals surface area contributed by atoms with Gasteiger partial charge in [-0.3, -0.25) is 14.4 Å². The summed E-state index contributed by atoms with van der Waals surface area (Å²) in [6.45, 7) is 8.78. The van der Waals surface area contributed by atoms with Crippen molar-refractivity contribution in [1.29, 1.82) is 0 Å². The third kappa shape index (κ3) is 9.37. The van der Waals surface area contributed by atoms with Gasteiger partial charge in [-0.2, -0.15) is 0 Å². The largest absolute Gasteiger partial charge is 0.481 e. The molecule has 0 aromatic heterocycles. The van der Waals surface area contributed by atoms with Crippen LogP contribution < -0.4 is 10.1 Å². The van der Waals surface area contributed by atoms with E-state index < -0.39 is 42.3 Å². The van der Waals surface area contributed by atoms with Crippen molar-refractivity contribution >= 4 is 35.4 Å². The molecule has 0 spiro atoms. The van der Waals surface area contributed by atoms with Crippen molar-refractivity contribution < 1.29 is 39.2 Å². The average Bonchev–Trinajstić information content (AvgIpc) is 2.71. The molecule has 4 N–H and O–H groups in total. The van der Waals surface area contributed by atoms with Crippen LogP contribution in [0.2, 0.25) is 5.02 Å². The number of carboxylic acids is 2. The number of hydrogen-bond acceptors (Lipinski definition) is 7. The number of aliphatic hydroxyl groups is 1. The first-order valence-corrected chi connectivity index (χ1v) is 11.0. The molecule has 0 aliphatic rings. The van der Waals surface area contributed by atoms with Crippen LogP contribution in [0.25, 0.3) is 0 Å². The van der Waals surface area contributed by atoms with E-state index in [0.29, 0.717) is 0 Å². The Hall–Kier alpha value is -2.69. The molecule has 2 unspecified atom stereocenters. The lowest BCUT2D eigenvalue weighted by molar-refractivity contribution is -0.169. The molecule has 0 aliphatic heterocycles. The maximum atomic E-state index is 12.8. The van der Waals surface area contributed by atoms with E-state index in [9.17, 15) is 24.3 Å². The second kappa shape index (κ2) is 13.1. The first-order chi connectivity index (χ1) is 15.4. The number of nitrogens with zero attached hydrogens (tertiary/aromatic N) is 1. The third-order valence-electron chi connectivity index (χ3n) is 5.07. The number of esters is 1. The minimum Gasteiger partial charge on any atom is -0.481 e. The van der Waals surface area contributed by atoms with Crippen LogP contribution in [0.15, 0.2) is 18.2 Å². The molecule has 0 aliphatic carbocycles. The van der Waals surface area contributed by atoms with Gasteiger partial charge in [-0.1, -0.05) is 25.4 Å². The second-order valence-corrected chi connectivity index (χ2v) is 8.18. The summed E-state index contributed by atoms with van der Waals surface area (Å²) < 4.78 is 5.09. The summed E-state index contributed by atoms with van der Waals surface area (Å²) in [5.74, 6) is -5.44. The molecule has 1 aromatic carbocycles. The van der Waals surface area contributed by atoms with Gasteiger partial charge in [0.15, 0.2) is 5.60 Å². The first-order valence-electron chi connectivity index (χ1n) is 10.6. The zero-order valence-electron chi connectivity index (χ0n) is 19.0. The summed E-state index contributed by atoms with van der Waals surface area (Å²) in [5, 5.41) is 31.0. The molecule has 1 amide bonds. The highest BCUT2D eigenvalue weighted by Crippen LogP contribution is 2.25. The lowest BCUT2D eigenvalue weighted by Crippen LogP contribution is -2.43. The van der Waals surface area contributed by atoms with Gasteiger partial charge in [0.2, 0.25) is 0 Å². The SMILES string of the molecule is CCN(CC)CCCC(C)NC(=O)c1cc(Cl)ccc1OC(=O)CC(O)(CC(=O)O)C(=O)O. The fourth-order valence-electron chi connectivity index (χ4n) is 3.16. The Bertz CT molecular complexity index is 859. The van der Waals surface area contributed by atoms with Crippen LogP contribution in [0.5, 0.6) is 5.75 Å². The number of benzene rings is 1. The van der Waals surface area contributed by atoms with E-state index in [1.54, 1.807) is 0 Å². The van der Waals surface area contributed by atoms with Gasteiger partial charge in [0.25, 0.3) is 5.91 Å². The van der Waals surface area contributed by atoms with Crippen LogP contribution >= 0.6 is 11.6 Å². The summed E-state index contributed by atoms with van der Waals surface area (Å²) >= 11 is 5.98. The quantitative estimate of drug-likeness (QED) is 0.229. The number of halogens is 1. The molecule has 184 valence electrons. The molecular formula is C22H31ClN2O8. The van der Waals surface area contributed by atoms with Crippen LogP contribution in [-0.2, 0) is 14.4 Å². The van der Waals surface area contributed by atoms with Crippen molar-refractivity contribution in [2.45, 2.75) is 58.1 Å². The summed E-state index contributed by atoms with van der Waals surface area (Å²) in [7, 11) is 0. The fourth-order valence-corrected chi connectivity index (χ4v) is 3.34. The van der Waals surface area contributed by atoms with E-state index in [4.69, 9.17) is 26.6 Å². The maximum Gasteiger partial charge on any atom is 0.336 e. The van der Waals surface area contributed by atoms with E-state index >= 15 is 0 Å². The summed E-state index contributed by atoms with van der Waals surface area (Å²) in [6.07, 6.45) is -0.729. The molecule has 11 heteroatoms. The molecule has 0 saturated heterocycles. The van der Waals surface area contributed by atoms with Crippen LogP contribution in [0.4, 0.5) is 0 Å². The van der Waals surface area contributed by atoms with Gasteiger partial charge in [-0.05, 0) is 57.6 Å². The number of hydrogen-bond donors (Lipinski definition) is 4. The highest BCUT2D eigenvalue weighted by Gasteiger charge is 2.41. The number of carboxylic acid groups (broad SMARTS) is 2. The van der Waals surface area contributed by atoms with E-state index in [0.717, 1.165) is 32.5 Å². The van der Waals surface area contributed by atoms with E-state index in [1.807, 2.05) is 6.92 Å². The lowest BCUT2D eigenvalue weighted by Gasteiger charge is -2.21. The smallest absolute Gasteiger partial charge is 0.336 e. The topological polar surface area (TPSA) is 153 Å². The van der Waals surface area contributed by atoms with Crippen molar-refractivity contribution in [1.82, 2.24) is 10.2 Å². The number of rotatable bonds is 14. The Morgan fingerprint density at radius 3 is 2.33 bits per heavy atom. The number of nitrogens with one attached hydrogen (secondary N) is 1. The zero-order chi connectivity index (χ0) is 25.2. The van der Waals surface area contributed by atoms with Crippen LogP contribution in [0.1, 0.15) is 56.8 Å². The summed E-state index contributed by atoms with van der Waals surface area (Å²) in [5.41, 5.74) is -2.90. The van der Waals surface area contributed by atoms with Gasteiger partial charge in [0.1, 0.15) is 5.75 Å². The number of amides is 1. The Morgan fingerprint density at radius 2 is 1.79 bits per heavy atom. The Balaban J connectivity index is 2.87. The Labute approximate surface area is 197 Å². The standard InChI is InChI=1S/C22H31ClN2O8/c1-4-25(5-2)10-6-7-14(3)24-20(29)16-11-15(23)8-9-17(16)33-19(28)13-22(32,21(30)31)12-18(26)27/h8-9,11,14,32H,4-7,10,12-13H2,1-3H3,(H,24,29)(H,26,27)(H,30,31). The number of ether oxygens (including phenoxy) is 1. The molecular weight excluding hydrogens is 456 g/mol. The predicted octanol–water partition coefficient (Wildman–Crippen LogP) is 2.17. The molecule has 0 saturated carbocycles. The second-order valence-electron chi connectivity index (χ2n) is 7.74. The molecule has 0 radical (unpaired) electrons. The molecule has 0 bridgehead atoms. The highest BCUT2D eigenvalue weighted by molar-refractivity contribution is 6.31. The minimum absolute atomic E-state index is 0.0523. The zero-order valence-corrected chi connectivity index (χ0v) is 19.7. The lowest BCUT2D eigenvalue weighted by atomic mass is 9.96. The molecule has 1 rings (SSSR count). The van der Waals surface area contributed by atoms with Crippen molar-refractivity contribution in [3.8, 4) is 5.75 Å². The van der Waals surface area contributed by atoms with Gasteiger partial charge < -0.3 is 30.3 Å². The molecule has 33 heavy (non-hydrogen) atoms. The Kier molecular flexibility index (Phi) is 11.3. The van der Waals surface area contributed by atoms with E-state index in [2.05, 4.69) is 24.1 Å². The molecule has 2 atom stereocenters. The van der Waals surface area contributed by atoms with E-state index in [1.165, 1.54) is 18.2 Å². The minimum atomic E-state index is -2.85. The van der Waals surface area contributed by atoms with Gasteiger partial charge in [0.05, 0.1) is 18.4 Å². The van der Waals surface area contributed by atoms with Gasteiger partial charge in [0, 0.05) is 11.1 Å². The monoisotopic (exact) mass is 486 g/mol. The van der Waals surface area contributed by atoms with Gasteiger partial charge in [-0.15, -0.1) is 0 Å². The Morgan fingerprint density at radius 1 is 1.15 bits per heavy atom. The van der Waals surface area contributed by atoms with Crippen LogP contribution in [0, 0.1) is 0 Å². The van der Waals surface area contributed by atoms with Crippen molar-refractivity contribution in [2.75, 3.05) is 19.6 Å². The predicted molar refractivity (Wildman–Crippen MR) is 120 cm³/mol. The summed E-state index contributed by atoms with van der Waals surface area (Å²) in [4.78, 5) is 49.4. The maximum absolute atomic E-state index is 12.8. The summed E-state index contributed by atoms with van der Waals surface area (Å²) in [6, 6.07) is 3.75. The van der Waals surface area contributed by atoms with Gasteiger partial charge in [-0.25, -0.2) is 4.79 Å². The fraction of sp³-hybridized carbons (Fsp3) is 0.545. The number of aliphatic carboxylic acids is 2. The molecule has 10 nitrogen and oxygen atoms in total. The first kappa shape index (κ1) is 28.3.